The molecule has 4 nitrogen and oxygen atoms in total. The number of nitrogens with one attached hydrogen (secondary N) is 1. The normalized spacial score (nSPS) is 33.6. The van der Waals surface area contributed by atoms with Crippen LogP contribution in [0.15, 0.2) is 0 Å². The van der Waals surface area contributed by atoms with Crippen LogP contribution < -0.4 is 5.32 Å². The molecule has 2 N–H and O–H groups in total. The number of hydrogen-bond donors (Lipinski definition) is 2. The molecule has 2 aliphatic heterocycles. The molecule has 2 rings (SSSR count). The molecular formula is C11H20N2O2. The zero-order valence-electron chi connectivity index (χ0n) is 9.28. The Morgan fingerprint density at radius 3 is 3.20 bits per heavy atom. The van der Waals surface area contributed by atoms with Crippen molar-refractivity contribution in [2.45, 2.75) is 38.3 Å². The minimum atomic E-state index is -0.240. The number of hydrogen-bond acceptors (Lipinski definition) is 3. The molecule has 3 atom stereocenters. The van der Waals surface area contributed by atoms with Crippen LogP contribution in [0.2, 0.25) is 0 Å². The van der Waals surface area contributed by atoms with Crippen LogP contribution in [0.4, 0.5) is 0 Å². The minimum Gasteiger partial charge on any atom is -0.393 e. The molecule has 0 aromatic carbocycles. The number of aliphatic hydroxyl groups is 1. The van der Waals surface area contributed by atoms with Crippen LogP contribution in [0.3, 0.4) is 0 Å². The molecule has 0 spiro atoms. The molecule has 0 aliphatic carbocycles. The Morgan fingerprint density at radius 2 is 2.47 bits per heavy atom. The second-order valence-corrected chi connectivity index (χ2v) is 4.73. The van der Waals surface area contributed by atoms with Crippen LogP contribution in [0.1, 0.15) is 26.2 Å². The Kier molecular flexibility index (Phi) is 3.26. The molecule has 4 heteroatoms. The summed E-state index contributed by atoms with van der Waals surface area (Å²) in [5.41, 5.74) is 0. The molecule has 0 saturated carbocycles. The first kappa shape index (κ1) is 10.9. The maximum Gasteiger partial charge on any atom is 0.224 e. The molecule has 2 heterocycles. The number of carbonyl (C=O) groups is 1. The number of nitrogens with zero attached hydrogens (tertiary/aromatic N) is 1. The molecular weight excluding hydrogens is 192 g/mol. The summed E-state index contributed by atoms with van der Waals surface area (Å²) in [4.78, 5) is 13.9. The van der Waals surface area contributed by atoms with Gasteiger partial charge in [0.15, 0.2) is 0 Å². The summed E-state index contributed by atoms with van der Waals surface area (Å²) in [7, 11) is 0. The number of rotatable bonds is 3. The van der Waals surface area contributed by atoms with E-state index in [1.807, 2.05) is 6.92 Å². The average molecular weight is 212 g/mol. The molecule has 0 radical (unpaired) electrons. The Labute approximate surface area is 90.6 Å². The summed E-state index contributed by atoms with van der Waals surface area (Å²) >= 11 is 0. The highest BCUT2D eigenvalue weighted by atomic mass is 16.3. The van der Waals surface area contributed by atoms with Gasteiger partial charge in [-0.1, -0.05) is 0 Å². The van der Waals surface area contributed by atoms with Crippen molar-refractivity contribution in [2.24, 2.45) is 5.92 Å². The average Bonchev–Trinajstić information content (AvgIpc) is 2.58. The van der Waals surface area contributed by atoms with Gasteiger partial charge in [0.2, 0.25) is 5.91 Å². The van der Waals surface area contributed by atoms with Crippen molar-refractivity contribution in [1.82, 2.24) is 10.2 Å². The standard InChI is InChI=1S/C11H20N2O2/c1-8(14)4-6-13-5-2-3-9-10(13)7-12-11(9)15/h8-10,14H,2-7H2,1H3,(H,12,15). The molecule has 86 valence electrons. The first-order chi connectivity index (χ1) is 7.18. The number of amides is 1. The molecule has 2 fully saturated rings. The van der Waals surface area contributed by atoms with Crippen LogP contribution in [0.25, 0.3) is 0 Å². The highest BCUT2D eigenvalue weighted by Gasteiger charge is 2.40. The molecule has 0 aromatic rings. The topological polar surface area (TPSA) is 52.6 Å². The van der Waals surface area contributed by atoms with E-state index in [0.717, 1.165) is 38.9 Å². The number of fused-ring (bicyclic) bond motifs is 1. The van der Waals surface area contributed by atoms with E-state index in [-0.39, 0.29) is 17.9 Å². The van der Waals surface area contributed by atoms with E-state index < -0.39 is 0 Å². The molecule has 2 saturated heterocycles. The van der Waals surface area contributed by atoms with Crippen LogP contribution in [-0.2, 0) is 4.79 Å². The third kappa shape index (κ3) is 2.32. The van der Waals surface area contributed by atoms with Crippen LogP contribution >= 0.6 is 0 Å². The number of aliphatic hydroxyl groups excluding tert-OH is 1. The van der Waals surface area contributed by atoms with Crippen molar-refractivity contribution in [3.8, 4) is 0 Å². The van der Waals surface area contributed by atoms with Gasteiger partial charge in [-0.25, -0.2) is 0 Å². The van der Waals surface area contributed by atoms with Gasteiger partial charge in [0.05, 0.1) is 12.0 Å². The third-order valence-electron chi connectivity index (χ3n) is 3.55. The third-order valence-corrected chi connectivity index (χ3v) is 3.55. The van der Waals surface area contributed by atoms with Gasteiger partial charge in [-0.05, 0) is 32.7 Å². The number of piperidine rings is 1. The maximum absolute atomic E-state index is 11.5. The van der Waals surface area contributed by atoms with Gasteiger partial charge in [-0.3, -0.25) is 9.69 Å². The minimum absolute atomic E-state index is 0.202. The molecule has 3 unspecified atom stereocenters. The van der Waals surface area contributed by atoms with Crippen LogP contribution in [0, 0.1) is 5.92 Å². The molecule has 0 aromatic heterocycles. The summed E-state index contributed by atoms with van der Waals surface area (Å²) in [5, 5.41) is 12.2. The van der Waals surface area contributed by atoms with E-state index >= 15 is 0 Å². The number of carbonyl (C=O) groups excluding carboxylic acids is 1. The second kappa shape index (κ2) is 4.49. The number of likely N-dealkylation sites (tertiary alicyclic amines) is 1. The summed E-state index contributed by atoms with van der Waals surface area (Å²) in [6.45, 7) is 4.60. The summed E-state index contributed by atoms with van der Waals surface area (Å²) in [6, 6.07) is 0.380. The fraction of sp³-hybridized carbons (Fsp3) is 0.909. The van der Waals surface area contributed by atoms with Crippen molar-refractivity contribution in [3.63, 3.8) is 0 Å². The van der Waals surface area contributed by atoms with E-state index in [9.17, 15) is 9.90 Å². The van der Waals surface area contributed by atoms with E-state index in [4.69, 9.17) is 0 Å². The predicted molar refractivity (Wildman–Crippen MR) is 57.4 cm³/mol. The molecule has 2 aliphatic rings. The van der Waals surface area contributed by atoms with Gasteiger partial charge in [0.1, 0.15) is 0 Å². The fourth-order valence-corrected chi connectivity index (χ4v) is 2.67. The summed E-state index contributed by atoms with van der Waals surface area (Å²) in [6.07, 6.45) is 2.70. The van der Waals surface area contributed by atoms with E-state index in [1.165, 1.54) is 0 Å². The Hall–Kier alpha value is -0.610. The first-order valence-electron chi connectivity index (χ1n) is 5.88. The SMILES string of the molecule is CC(O)CCN1CCCC2C(=O)NCC21. The predicted octanol–water partition coefficient (Wildman–Crippen LogP) is -0.0323. The smallest absolute Gasteiger partial charge is 0.224 e. The van der Waals surface area contributed by atoms with Gasteiger partial charge in [0.25, 0.3) is 0 Å². The fourth-order valence-electron chi connectivity index (χ4n) is 2.67. The molecule has 1 amide bonds. The quantitative estimate of drug-likeness (QED) is 0.690. The van der Waals surface area contributed by atoms with Crippen molar-refractivity contribution < 1.29 is 9.90 Å². The Balaban J connectivity index is 1.91. The highest BCUT2D eigenvalue weighted by molar-refractivity contribution is 5.82. The Bertz CT molecular complexity index is 243. The lowest BCUT2D eigenvalue weighted by Crippen LogP contribution is -2.46. The molecule has 0 bridgehead atoms. The van der Waals surface area contributed by atoms with Gasteiger partial charge >= 0.3 is 0 Å². The monoisotopic (exact) mass is 212 g/mol. The van der Waals surface area contributed by atoms with Gasteiger partial charge in [-0.15, -0.1) is 0 Å². The van der Waals surface area contributed by atoms with Crippen LogP contribution in [-0.4, -0.2) is 47.7 Å². The van der Waals surface area contributed by atoms with Crippen molar-refractivity contribution in [3.05, 3.63) is 0 Å². The summed E-state index contributed by atoms with van der Waals surface area (Å²) in [5.74, 6) is 0.425. The van der Waals surface area contributed by atoms with E-state index in [1.54, 1.807) is 0 Å². The highest BCUT2D eigenvalue weighted by Crippen LogP contribution is 2.27. The van der Waals surface area contributed by atoms with Gasteiger partial charge in [0, 0.05) is 19.1 Å². The van der Waals surface area contributed by atoms with Crippen molar-refractivity contribution in [2.75, 3.05) is 19.6 Å². The van der Waals surface area contributed by atoms with Crippen LogP contribution in [0.5, 0.6) is 0 Å². The second-order valence-electron chi connectivity index (χ2n) is 4.73. The zero-order valence-corrected chi connectivity index (χ0v) is 9.28. The van der Waals surface area contributed by atoms with Gasteiger partial charge in [-0.2, -0.15) is 0 Å². The maximum atomic E-state index is 11.5. The van der Waals surface area contributed by atoms with E-state index in [2.05, 4.69) is 10.2 Å². The lowest BCUT2D eigenvalue weighted by molar-refractivity contribution is -0.124. The Morgan fingerprint density at radius 1 is 1.67 bits per heavy atom. The van der Waals surface area contributed by atoms with Gasteiger partial charge < -0.3 is 10.4 Å². The van der Waals surface area contributed by atoms with Crippen molar-refractivity contribution >= 4 is 5.91 Å². The lowest BCUT2D eigenvalue weighted by Gasteiger charge is -2.36. The summed E-state index contributed by atoms with van der Waals surface area (Å²) < 4.78 is 0. The zero-order chi connectivity index (χ0) is 10.8. The van der Waals surface area contributed by atoms with E-state index in [0.29, 0.717) is 6.04 Å². The first-order valence-corrected chi connectivity index (χ1v) is 5.88. The van der Waals surface area contributed by atoms with Crippen molar-refractivity contribution in [1.29, 1.82) is 0 Å². The molecule has 15 heavy (non-hydrogen) atoms. The largest absolute Gasteiger partial charge is 0.393 e. The lowest BCUT2D eigenvalue weighted by atomic mass is 9.91.